The van der Waals surface area contributed by atoms with Crippen LogP contribution in [0.4, 0.5) is 9.52 Å². The molecule has 4 nitrogen and oxygen atoms in total. The zero-order valence-electron chi connectivity index (χ0n) is 15.7. The van der Waals surface area contributed by atoms with Crippen molar-refractivity contribution in [2.75, 3.05) is 37.8 Å². The lowest BCUT2D eigenvalue weighted by molar-refractivity contribution is -0.116. The number of benzene rings is 2. The molecule has 1 amide bonds. The second-order valence-electron chi connectivity index (χ2n) is 6.53. The number of thioether (sulfide) groups is 1. The zero-order valence-corrected chi connectivity index (χ0v) is 18.1. The standard InChI is InChI=1S/C20H21ClFN3OS2/c1-24(2)11-4-12-25(18(26)13-27-15-9-7-14(21)8-10-15)20-23-19-16(22)5-3-6-17(19)28-20/h3,5-10H,4,11-13H2,1-2H3. The van der Waals surface area contributed by atoms with Gasteiger partial charge in [0.1, 0.15) is 11.3 Å². The van der Waals surface area contributed by atoms with E-state index >= 15 is 0 Å². The number of halogens is 2. The van der Waals surface area contributed by atoms with Gasteiger partial charge in [0.05, 0.1) is 10.5 Å². The predicted molar refractivity (Wildman–Crippen MR) is 117 cm³/mol. The Labute approximate surface area is 177 Å². The van der Waals surface area contributed by atoms with E-state index in [1.165, 1.54) is 29.2 Å². The minimum atomic E-state index is -0.365. The Morgan fingerprint density at radius 1 is 1.18 bits per heavy atom. The van der Waals surface area contributed by atoms with Crippen LogP contribution in [0.25, 0.3) is 10.2 Å². The van der Waals surface area contributed by atoms with Crippen LogP contribution in [0.15, 0.2) is 47.4 Å². The molecule has 0 unspecified atom stereocenters. The van der Waals surface area contributed by atoms with Crippen LogP contribution < -0.4 is 4.90 Å². The molecular formula is C20H21ClFN3OS2. The van der Waals surface area contributed by atoms with E-state index in [4.69, 9.17) is 11.6 Å². The summed E-state index contributed by atoms with van der Waals surface area (Å²) < 4.78 is 14.8. The first-order valence-corrected chi connectivity index (χ1v) is 11.0. The van der Waals surface area contributed by atoms with Crippen LogP contribution in [-0.4, -0.2) is 48.7 Å². The van der Waals surface area contributed by atoms with Crippen molar-refractivity contribution in [3.05, 3.63) is 53.3 Å². The number of amides is 1. The molecule has 3 aromatic rings. The number of para-hydroxylation sites is 1. The molecule has 1 heterocycles. The minimum Gasteiger partial charge on any atom is -0.309 e. The summed E-state index contributed by atoms with van der Waals surface area (Å²) in [6.45, 7) is 1.40. The van der Waals surface area contributed by atoms with Crippen LogP contribution in [0.2, 0.25) is 5.02 Å². The van der Waals surface area contributed by atoms with Gasteiger partial charge in [0.2, 0.25) is 5.91 Å². The Bertz CT molecular complexity index is 946. The molecule has 0 saturated heterocycles. The van der Waals surface area contributed by atoms with Crippen LogP contribution in [0.3, 0.4) is 0 Å². The smallest absolute Gasteiger partial charge is 0.239 e. The topological polar surface area (TPSA) is 36.4 Å². The molecule has 0 fully saturated rings. The van der Waals surface area contributed by atoms with Crippen molar-refractivity contribution < 1.29 is 9.18 Å². The number of anilines is 1. The van der Waals surface area contributed by atoms with Gasteiger partial charge in [-0.25, -0.2) is 9.37 Å². The lowest BCUT2D eigenvalue weighted by atomic mass is 10.3. The zero-order chi connectivity index (χ0) is 20.1. The molecule has 0 bridgehead atoms. The molecule has 0 spiro atoms. The highest BCUT2D eigenvalue weighted by atomic mass is 35.5. The fourth-order valence-electron chi connectivity index (χ4n) is 2.64. The molecule has 0 N–H and O–H groups in total. The summed E-state index contributed by atoms with van der Waals surface area (Å²) in [5, 5.41) is 1.21. The Morgan fingerprint density at radius 3 is 2.61 bits per heavy atom. The minimum absolute atomic E-state index is 0.0434. The summed E-state index contributed by atoms with van der Waals surface area (Å²) >= 11 is 8.71. The number of carbonyl (C=O) groups excluding carboxylic acids is 1. The average molecular weight is 438 g/mol. The van der Waals surface area contributed by atoms with Crippen LogP contribution in [0.5, 0.6) is 0 Å². The Kier molecular flexibility index (Phi) is 7.29. The third-order valence-electron chi connectivity index (χ3n) is 4.05. The number of aromatic nitrogens is 1. The molecule has 3 rings (SSSR count). The van der Waals surface area contributed by atoms with Crippen molar-refractivity contribution in [3.63, 3.8) is 0 Å². The van der Waals surface area contributed by atoms with Crippen LogP contribution in [0.1, 0.15) is 6.42 Å². The van der Waals surface area contributed by atoms with Crippen LogP contribution in [0, 0.1) is 5.82 Å². The van der Waals surface area contributed by atoms with Crippen LogP contribution >= 0.6 is 34.7 Å². The Morgan fingerprint density at radius 2 is 1.93 bits per heavy atom. The molecule has 0 radical (unpaired) electrons. The number of nitrogens with zero attached hydrogens (tertiary/aromatic N) is 3. The molecule has 0 aliphatic carbocycles. The molecule has 1 aromatic heterocycles. The molecule has 0 aliphatic rings. The monoisotopic (exact) mass is 437 g/mol. The molecule has 148 valence electrons. The Hall–Kier alpha value is -1.67. The summed E-state index contributed by atoms with van der Waals surface area (Å²) in [5.74, 6) is -0.128. The number of rotatable bonds is 8. The number of hydrogen-bond donors (Lipinski definition) is 0. The molecule has 28 heavy (non-hydrogen) atoms. The SMILES string of the molecule is CN(C)CCCN(C(=O)CSc1ccc(Cl)cc1)c1nc2c(F)cccc2s1. The molecule has 0 aliphatic heterocycles. The first-order valence-electron chi connectivity index (χ1n) is 8.82. The summed E-state index contributed by atoms with van der Waals surface area (Å²) in [6, 6.07) is 12.3. The average Bonchev–Trinajstić information content (AvgIpc) is 3.09. The van der Waals surface area contributed by atoms with E-state index in [0.29, 0.717) is 22.2 Å². The number of fused-ring (bicyclic) bond motifs is 1. The van der Waals surface area contributed by atoms with Crippen molar-refractivity contribution in [3.8, 4) is 0 Å². The first-order chi connectivity index (χ1) is 13.4. The van der Waals surface area contributed by atoms with Gasteiger partial charge in [-0.2, -0.15) is 0 Å². The van der Waals surface area contributed by atoms with Crippen molar-refractivity contribution in [2.24, 2.45) is 0 Å². The van der Waals surface area contributed by atoms with Crippen molar-refractivity contribution in [2.45, 2.75) is 11.3 Å². The number of hydrogen-bond acceptors (Lipinski definition) is 5. The largest absolute Gasteiger partial charge is 0.309 e. The van der Waals surface area contributed by atoms with E-state index in [9.17, 15) is 9.18 Å². The summed E-state index contributed by atoms with van der Waals surface area (Å²) in [5.41, 5.74) is 0.318. The van der Waals surface area contributed by atoms with E-state index in [0.717, 1.165) is 22.6 Å². The van der Waals surface area contributed by atoms with E-state index in [1.54, 1.807) is 23.1 Å². The van der Waals surface area contributed by atoms with Gasteiger partial charge in [0.25, 0.3) is 0 Å². The third-order valence-corrected chi connectivity index (χ3v) is 6.35. The van der Waals surface area contributed by atoms with E-state index in [-0.39, 0.29) is 17.5 Å². The van der Waals surface area contributed by atoms with E-state index < -0.39 is 0 Å². The molecule has 8 heteroatoms. The highest BCUT2D eigenvalue weighted by Gasteiger charge is 2.20. The highest BCUT2D eigenvalue weighted by Crippen LogP contribution is 2.31. The summed E-state index contributed by atoms with van der Waals surface area (Å²) in [4.78, 5) is 22.1. The number of thiazole rings is 1. The normalized spacial score (nSPS) is 11.3. The van der Waals surface area contributed by atoms with Gasteiger partial charge in [0, 0.05) is 16.5 Å². The highest BCUT2D eigenvalue weighted by molar-refractivity contribution is 8.00. The maximum atomic E-state index is 14.0. The summed E-state index contributed by atoms with van der Waals surface area (Å²) in [7, 11) is 3.99. The fourth-order valence-corrected chi connectivity index (χ4v) is 4.57. The molecule has 0 atom stereocenters. The maximum absolute atomic E-state index is 14.0. The van der Waals surface area contributed by atoms with Gasteiger partial charge >= 0.3 is 0 Å². The van der Waals surface area contributed by atoms with Crippen molar-refractivity contribution in [1.82, 2.24) is 9.88 Å². The second kappa shape index (κ2) is 9.69. The van der Waals surface area contributed by atoms with Crippen LogP contribution in [-0.2, 0) is 4.79 Å². The van der Waals surface area contributed by atoms with Gasteiger partial charge in [0.15, 0.2) is 5.13 Å². The van der Waals surface area contributed by atoms with Crippen molar-refractivity contribution in [1.29, 1.82) is 0 Å². The van der Waals surface area contributed by atoms with Gasteiger partial charge in [-0.05, 0) is 63.5 Å². The lowest BCUT2D eigenvalue weighted by Gasteiger charge is -2.21. The quantitative estimate of drug-likeness (QED) is 0.456. The second-order valence-corrected chi connectivity index (χ2v) is 9.02. The molecule has 0 saturated carbocycles. The molecular weight excluding hydrogens is 417 g/mol. The lowest BCUT2D eigenvalue weighted by Crippen LogP contribution is -2.34. The predicted octanol–water partition coefficient (Wildman–Crippen LogP) is 5.17. The molecule has 2 aromatic carbocycles. The van der Waals surface area contributed by atoms with Gasteiger partial charge in [-0.1, -0.05) is 29.0 Å². The number of carbonyl (C=O) groups is 1. The van der Waals surface area contributed by atoms with Crippen molar-refractivity contribution >= 4 is 56.0 Å². The van der Waals surface area contributed by atoms with Gasteiger partial charge < -0.3 is 4.90 Å². The summed E-state index contributed by atoms with van der Waals surface area (Å²) in [6.07, 6.45) is 0.808. The van der Waals surface area contributed by atoms with E-state index in [1.807, 2.05) is 32.3 Å². The fraction of sp³-hybridized carbons (Fsp3) is 0.300. The third kappa shape index (κ3) is 5.44. The maximum Gasteiger partial charge on any atom is 0.239 e. The Balaban J connectivity index is 1.77. The van der Waals surface area contributed by atoms with E-state index in [2.05, 4.69) is 9.88 Å². The van der Waals surface area contributed by atoms with Gasteiger partial charge in [-0.3, -0.25) is 9.69 Å². The first kappa shape index (κ1) is 21.0. The van der Waals surface area contributed by atoms with Gasteiger partial charge in [-0.15, -0.1) is 11.8 Å².